The summed E-state index contributed by atoms with van der Waals surface area (Å²) in [6.45, 7) is 3.74. The Kier molecular flexibility index (Phi) is 5.66. The van der Waals surface area contributed by atoms with Gasteiger partial charge in [0, 0.05) is 18.7 Å². The van der Waals surface area contributed by atoms with Crippen LogP contribution in [0, 0.1) is 23.2 Å². The van der Waals surface area contributed by atoms with Crippen LogP contribution in [0.15, 0.2) is 0 Å². The van der Waals surface area contributed by atoms with Crippen LogP contribution in [0.4, 0.5) is 0 Å². The third-order valence-corrected chi connectivity index (χ3v) is 5.21. The van der Waals surface area contributed by atoms with Gasteiger partial charge in [0.2, 0.25) is 0 Å². The first-order valence-electron chi connectivity index (χ1n) is 8.06. The van der Waals surface area contributed by atoms with E-state index in [4.69, 9.17) is 5.11 Å². The zero-order chi connectivity index (χ0) is 13.7. The summed E-state index contributed by atoms with van der Waals surface area (Å²) >= 11 is 0. The average molecular weight is 264 g/mol. The number of hydrogen-bond donors (Lipinski definition) is 1. The Morgan fingerprint density at radius 2 is 2.16 bits per heavy atom. The van der Waals surface area contributed by atoms with Gasteiger partial charge >= 0.3 is 0 Å². The molecule has 2 aliphatic rings. The topological polar surface area (TPSA) is 47.3 Å². The molecule has 0 aromatic rings. The lowest BCUT2D eigenvalue weighted by Crippen LogP contribution is -2.46. The summed E-state index contributed by atoms with van der Waals surface area (Å²) in [5.74, 6) is 1.05. The van der Waals surface area contributed by atoms with Crippen LogP contribution in [-0.4, -0.2) is 35.2 Å². The van der Waals surface area contributed by atoms with Crippen molar-refractivity contribution in [1.29, 1.82) is 5.26 Å². The van der Waals surface area contributed by atoms with Crippen LogP contribution in [0.5, 0.6) is 0 Å². The fraction of sp³-hybridized carbons (Fsp3) is 0.938. The van der Waals surface area contributed by atoms with Gasteiger partial charge in [0.05, 0.1) is 12.0 Å². The van der Waals surface area contributed by atoms with Crippen LogP contribution < -0.4 is 0 Å². The standard InChI is InChI=1S/C16H28N2O/c1-2-13-7-8-14(12-17)16(11-13)18-9-3-5-15(18)6-4-10-19/h13-16,19H,2-11H2,1H3. The van der Waals surface area contributed by atoms with Gasteiger partial charge < -0.3 is 5.11 Å². The molecule has 1 saturated carbocycles. The molecule has 0 bridgehead atoms. The summed E-state index contributed by atoms with van der Waals surface area (Å²) in [6, 6.07) is 3.66. The second kappa shape index (κ2) is 7.26. The molecule has 19 heavy (non-hydrogen) atoms. The van der Waals surface area contributed by atoms with E-state index in [-0.39, 0.29) is 5.92 Å². The van der Waals surface area contributed by atoms with E-state index >= 15 is 0 Å². The molecule has 108 valence electrons. The highest BCUT2D eigenvalue weighted by Crippen LogP contribution is 2.37. The monoisotopic (exact) mass is 264 g/mol. The van der Waals surface area contributed by atoms with Crippen molar-refractivity contribution in [2.45, 2.75) is 70.4 Å². The number of nitrogens with zero attached hydrogens (tertiary/aromatic N) is 2. The van der Waals surface area contributed by atoms with E-state index in [1.54, 1.807) is 0 Å². The van der Waals surface area contributed by atoms with Crippen molar-refractivity contribution in [1.82, 2.24) is 4.90 Å². The second-order valence-electron chi connectivity index (χ2n) is 6.29. The van der Waals surface area contributed by atoms with E-state index in [1.807, 2.05) is 0 Å². The average Bonchev–Trinajstić information content (AvgIpc) is 2.92. The maximum Gasteiger partial charge on any atom is 0.0672 e. The molecule has 2 rings (SSSR count). The van der Waals surface area contributed by atoms with Crippen LogP contribution in [0.3, 0.4) is 0 Å². The summed E-state index contributed by atoms with van der Waals surface area (Å²) in [5.41, 5.74) is 0. The molecule has 1 saturated heterocycles. The molecular formula is C16H28N2O. The highest BCUT2D eigenvalue weighted by Gasteiger charge is 2.38. The molecule has 0 amide bonds. The van der Waals surface area contributed by atoms with Crippen LogP contribution >= 0.6 is 0 Å². The zero-order valence-corrected chi connectivity index (χ0v) is 12.2. The van der Waals surface area contributed by atoms with Crippen LogP contribution in [0.1, 0.15) is 58.3 Å². The Morgan fingerprint density at radius 3 is 2.84 bits per heavy atom. The first-order valence-corrected chi connectivity index (χ1v) is 8.06. The van der Waals surface area contributed by atoms with Gasteiger partial charge in [-0.2, -0.15) is 5.26 Å². The molecule has 1 N–H and O–H groups in total. The lowest BCUT2D eigenvalue weighted by Gasteiger charge is -2.41. The van der Waals surface area contributed by atoms with E-state index in [1.165, 1.54) is 32.1 Å². The molecule has 4 atom stereocenters. The summed E-state index contributed by atoms with van der Waals surface area (Å²) in [5, 5.41) is 18.5. The molecule has 1 heterocycles. The van der Waals surface area contributed by atoms with Gasteiger partial charge in [-0.15, -0.1) is 0 Å². The Balaban J connectivity index is 2.01. The predicted octanol–water partition coefficient (Wildman–Crippen LogP) is 2.94. The van der Waals surface area contributed by atoms with Gasteiger partial charge in [-0.3, -0.25) is 4.90 Å². The molecule has 0 aromatic carbocycles. The Morgan fingerprint density at radius 1 is 1.32 bits per heavy atom. The van der Waals surface area contributed by atoms with Gasteiger partial charge in [0.1, 0.15) is 0 Å². The molecule has 3 nitrogen and oxygen atoms in total. The van der Waals surface area contributed by atoms with Gasteiger partial charge in [-0.05, 0) is 57.4 Å². The van der Waals surface area contributed by atoms with Crippen LogP contribution in [0.25, 0.3) is 0 Å². The van der Waals surface area contributed by atoms with Crippen molar-refractivity contribution in [3.8, 4) is 6.07 Å². The zero-order valence-electron chi connectivity index (χ0n) is 12.2. The summed E-state index contributed by atoms with van der Waals surface area (Å²) in [4.78, 5) is 2.62. The number of rotatable bonds is 5. The third-order valence-electron chi connectivity index (χ3n) is 5.21. The van der Waals surface area contributed by atoms with E-state index in [9.17, 15) is 5.26 Å². The van der Waals surface area contributed by atoms with Gasteiger partial charge in [-0.1, -0.05) is 13.3 Å². The van der Waals surface area contributed by atoms with Gasteiger partial charge in [0.25, 0.3) is 0 Å². The Hall–Kier alpha value is -0.590. The fourth-order valence-electron chi connectivity index (χ4n) is 4.05. The first-order chi connectivity index (χ1) is 9.30. The number of aliphatic hydroxyl groups is 1. The van der Waals surface area contributed by atoms with Crippen molar-refractivity contribution < 1.29 is 5.11 Å². The van der Waals surface area contributed by atoms with Gasteiger partial charge in [0.15, 0.2) is 0 Å². The summed E-state index contributed by atoms with van der Waals surface area (Å²) < 4.78 is 0. The molecule has 0 aromatic heterocycles. The van der Waals surface area contributed by atoms with Crippen molar-refractivity contribution in [2.75, 3.05) is 13.2 Å². The smallest absolute Gasteiger partial charge is 0.0672 e. The van der Waals surface area contributed by atoms with E-state index in [0.29, 0.717) is 18.7 Å². The lowest BCUT2D eigenvalue weighted by molar-refractivity contribution is 0.0823. The van der Waals surface area contributed by atoms with E-state index in [0.717, 1.165) is 31.7 Å². The van der Waals surface area contributed by atoms with Crippen molar-refractivity contribution in [3.05, 3.63) is 0 Å². The fourth-order valence-corrected chi connectivity index (χ4v) is 4.05. The summed E-state index contributed by atoms with van der Waals surface area (Å²) in [6.07, 6.45) is 9.31. The maximum atomic E-state index is 9.43. The molecule has 3 heteroatoms. The van der Waals surface area contributed by atoms with Crippen LogP contribution in [-0.2, 0) is 0 Å². The molecular weight excluding hydrogens is 236 g/mol. The van der Waals surface area contributed by atoms with Gasteiger partial charge in [-0.25, -0.2) is 0 Å². The highest BCUT2D eigenvalue weighted by atomic mass is 16.2. The third kappa shape index (κ3) is 3.49. The number of hydrogen-bond acceptors (Lipinski definition) is 3. The SMILES string of the molecule is CCC1CCC(C#N)C(N2CCCC2CCCO)C1. The van der Waals surface area contributed by atoms with Crippen molar-refractivity contribution >= 4 is 0 Å². The van der Waals surface area contributed by atoms with E-state index in [2.05, 4.69) is 17.9 Å². The number of aliphatic hydroxyl groups excluding tert-OH is 1. The maximum absolute atomic E-state index is 9.43. The van der Waals surface area contributed by atoms with Crippen molar-refractivity contribution in [3.63, 3.8) is 0 Å². The minimum atomic E-state index is 0.234. The summed E-state index contributed by atoms with van der Waals surface area (Å²) in [7, 11) is 0. The first kappa shape index (κ1) is 14.8. The normalized spacial score (nSPS) is 36.3. The van der Waals surface area contributed by atoms with Crippen molar-refractivity contribution in [2.24, 2.45) is 11.8 Å². The molecule has 4 unspecified atom stereocenters. The minimum absolute atomic E-state index is 0.234. The Labute approximate surface area is 117 Å². The lowest BCUT2D eigenvalue weighted by atomic mass is 9.77. The predicted molar refractivity (Wildman–Crippen MR) is 76.6 cm³/mol. The highest BCUT2D eigenvalue weighted by molar-refractivity contribution is 5.00. The Bertz CT molecular complexity index is 312. The molecule has 0 radical (unpaired) electrons. The molecule has 1 aliphatic carbocycles. The molecule has 1 aliphatic heterocycles. The quantitative estimate of drug-likeness (QED) is 0.830. The largest absolute Gasteiger partial charge is 0.396 e. The molecule has 0 spiro atoms. The van der Waals surface area contributed by atoms with E-state index < -0.39 is 0 Å². The van der Waals surface area contributed by atoms with Crippen LogP contribution in [0.2, 0.25) is 0 Å². The minimum Gasteiger partial charge on any atom is -0.396 e. The molecule has 2 fully saturated rings. The number of nitriles is 1. The number of likely N-dealkylation sites (tertiary alicyclic amines) is 1. The second-order valence-corrected chi connectivity index (χ2v) is 6.29.